The van der Waals surface area contributed by atoms with Gasteiger partial charge in [-0.25, -0.2) is 8.42 Å². The number of aliphatic hydroxyl groups is 2. The Kier molecular flexibility index (Phi) is 15.4. The molecule has 0 aliphatic heterocycles. The zero-order valence-corrected chi connectivity index (χ0v) is 32.0. The molecule has 26 heteroatoms. The molecule has 0 spiro atoms. The number of halogens is 1. The molecule has 0 aliphatic carbocycles. The lowest BCUT2D eigenvalue weighted by molar-refractivity contribution is -0.135. The van der Waals surface area contributed by atoms with Gasteiger partial charge in [-0.1, -0.05) is 6.07 Å². The average Bonchev–Trinajstić information content (AvgIpc) is 3.12. The van der Waals surface area contributed by atoms with Crippen LogP contribution in [0.4, 0.5) is 40.3 Å². The molecule has 0 atom stereocenters. The van der Waals surface area contributed by atoms with Gasteiger partial charge in [0.25, 0.3) is 10.1 Å². The van der Waals surface area contributed by atoms with Crippen LogP contribution in [0.15, 0.2) is 103 Å². The number of nitrogens with one attached hydrogen (secondary N) is 3. The van der Waals surface area contributed by atoms with Crippen LogP contribution in [0.3, 0.4) is 0 Å². The lowest BCUT2D eigenvalue weighted by atomic mass is 10.2. The molecule has 7 N–H and O–H groups in total. The Balaban J connectivity index is 1.66. The van der Waals surface area contributed by atoms with Gasteiger partial charge in [0.2, 0.25) is 17.2 Å². The second-order valence-corrected chi connectivity index (χ2v) is 15.9. The van der Waals surface area contributed by atoms with Gasteiger partial charge in [0, 0.05) is 34.8 Å². The summed E-state index contributed by atoms with van der Waals surface area (Å²) in [7, 11) is -13.5. The molecule has 0 amide bonds. The zero-order valence-electron chi connectivity index (χ0n) is 27.9. The van der Waals surface area contributed by atoms with Crippen molar-refractivity contribution in [2.75, 3.05) is 36.1 Å². The number of benzene rings is 3. The number of thioether (sulfide) groups is 1. The number of rotatable bonds is 17. The summed E-state index contributed by atoms with van der Waals surface area (Å²) in [4.78, 5) is 20.0. The summed E-state index contributed by atoms with van der Waals surface area (Å²) < 4.78 is 93.2. The van der Waals surface area contributed by atoms with Crippen LogP contribution < -0.4 is 16.0 Å². The van der Waals surface area contributed by atoms with Gasteiger partial charge in [-0.05, 0) is 88.0 Å². The van der Waals surface area contributed by atoms with Crippen molar-refractivity contribution in [3.8, 4) is 11.4 Å². The third-order valence-electron chi connectivity index (χ3n) is 6.28. The van der Waals surface area contributed by atoms with Gasteiger partial charge < -0.3 is 26.2 Å². The Labute approximate surface area is 327 Å². The molecule has 0 unspecified atom stereocenters. The smallest absolute Gasteiger partial charge is 0.433 e. The van der Waals surface area contributed by atoms with Crippen LogP contribution in [0.1, 0.15) is 0 Å². The fraction of sp³-hybridized carbons (Fsp3) is 0.133. The Morgan fingerprint density at radius 3 is 2.30 bits per heavy atom. The quantitative estimate of drug-likeness (QED) is 0.00742. The van der Waals surface area contributed by atoms with Gasteiger partial charge >= 0.3 is 10.4 Å². The van der Waals surface area contributed by atoms with Gasteiger partial charge in [-0.2, -0.15) is 41.9 Å². The van der Waals surface area contributed by atoms with Crippen LogP contribution in [-0.4, -0.2) is 90.8 Å². The minimum atomic E-state index is -4.94. The summed E-state index contributed by atoms with van der Waals surface area (Å²) in [6.07, 6.45) is 2.38. The molecule has 21 nitrogen and oxygen atoms in total. The van der Waals surface area contributed by atoms with Crippen molar-refractivity contribution in [2.45, 2.75) is 14.7 Å². The predicted molar refractivity (Wildman–Crippen MR) is 202 cm³/mol. The third kappa shape index (κ3) is 14.0. The van der Waals surface area contributed by atoms with E-state index in [2.05, 4.69) is 72.2 Å². The molecule has 4 rings (SSSR count). The Bertz CT molecular complexity index is 2590. The summed E-state index contributed by atoms with van der Waals surface area (Å²) in [6, 6.07) is 13.8. The fourth-order valence-corrected chi connectivity index (χ4v) is 6.66. The average molecular weight is 868 g/mol. The van der Waals surface area contributed by atoms with E-state index in [1.807, 2.05) is 6.11 Å². The van der Waals surface area contributed by atoms with E-state index >= 15 is 0 Å². The van der Waals surface area contributed by atoms with E-state index in [1.165, 1.54) is 24.3 Å². The highest BCUT2D eigenvalue weighted by atomic mass is 35.5. The molecule has 294 valence electrons. The Hall–Kier alpha value is -5.45. The van der Waals surface area contributed by atoms with Crippen LogP contribution in [0.2, 0.25) is 5.28 Å². The standard InChI is InChI=1S/C30H26ClN9O12S4/c31-28-36-29(34-21-3-1-4-22(17-21)53-15-14-51-52-56(48,49)50)38-30(37-28)35-24-18-26(33-9-2-12-41)27(55(45,46)47)19-25(24)40-39-20-5-7-23(8-6-20)54(43,44)16-11-32-10-13-42/h1,3-8,12,17-19,32,41-42H,10-11,13,16H2,(H,45,46,47)(H,48,49,50)(H2,34,35,36,37,38). The highest BCUT2D eigenvalue weighted by Gasteiger charge is 2.21. The van der Waals surface area contributed by atoms with Crippen LogP contribution in [0, 0.1) is 11.4 Å². The number of hydrogen-bond acceptors (Lipinski definition) is 20. The van der Waals surface area contributed by atoms with E-state index in [9.17, 15) is 29.8 Å². The lowest BCUT2D eigenvalue weighted by Gasteiger charge is -2.12. The number of aliphatic hydroxyl groups excluding tert-OH is 2. The lowest BCUT2D eigenvalue weighted by Crippen LogP contribution is -2.25. The summed E-state index contributed by atoms with van der Waals surface area (Å²) in [5.74, 6) is 1.64. The van der Waals surface area contributed by atoms with Gasteiger partial charge in [0.05, 0.1) is 34.3 Å². The van der Waals surface area contributed by atoms with Crippen LogP contribution in [0.5, 0.6) is 0 Å². The molecule has 0 radical (unpaired) electrons. The maximum absolute atomic E-state index is 12.7. The first-order valence-corrected chi connectivity index (χ1v) is 20.7. The second kappa shape index (κ2) is 19.9. The maximum atomic E-state index is 12.7. The molecule has 0 fully saturated rings. The second-order valence-electron chi connectivity index (χ2n) is 10.2. The number of sulfone groups is 1. The molecule has 3 aromatic carbocycles. The molecular weight excluding hydrogens is 842 g/mol. The van der Waals surface area contributed by atoms with Crippen LogP contribution in [-0.2, 0) is 39.6 Å². The predicted octanol–water partition coefficient (Wildman–Crippen LogP) is 4.32. The summed E-state index contributed by atoms with van der Waals surface area (Å²) in [6.45, 7) is 0.209. The molecule has 4 aromatic rings. The third-order valence-corrected chi connectivity index (χ3v) is 9.98. The van der Waals surface area contributed by atoms with Crippen LogP contribution >= 0.6 is 23.4 Å². The van der Waals surface area contributed by atoms with Crippen molar-refractivity contribution in [2.24, 2.45) is 15.2 Å². The van der Waals surface area contributed by atoms with E-state index in [1.54, 1.807) is 24.3 Å². The van der Waals surface area contributed by atoms with Crippen molar-refractivity contribution in [3.05, 3.63) is 77.9 Å². The molecule has 0 saturated heterocycles. The zero-order chi connectivity index (χ0) is 40.8. The van der Waals surface area contributed by atoms with E-state index in [-0.39, 0.29) is 64.6 Å². The van der Waals surface area contributed by atoms with Gasteiger partial charge in [-0.15, -0.1) is 5.11 Å². The summed E-state index contributed by atoms with van der Waals surface area (Å²) in [5.41, 5.74) is 2.03. The van der Waals surface area contributed by atoms with Crippen molar-refractivity contribution in [1.29, 1.82) is 0 Å². The highest BCUT2D eigenvalue weighted by Crippen LogP contribution is 2.38. The minimum Gasteiger partial charge on any atom is -0.507 e. The number of nitrogens with zero attached hydrogens (tertiary/aromatic N) is 6. The van der Waals surface area contributed by atoms with Gasteiger partial charge in [0.1, 0.15) is 16.8 Å². The topological polar surface area (TPSA) is 314 Å². The van der Waals surface area contributed by atoms with Gasteiger partial charge in [-0.3, -0.25) is 14.0 Å². The molecular formula is C30H26ClN9O12S4. The normalized spacial score (nSPS) is 11.5. The maximum Gasteiger partial charge on any atom is 0.433 e. The number of hydrogen-bond donors (Lipinski definition) is 7. The molecule has 1 heterocycles. The van der Waals surface area contributed by atoms with Crippen molar-refractivity contribution < 1.29 is 53.8 Å². The van der Waals surface area contributed by atoms with Crippen molar-refractivity contribution >= 4 is 99.9 Å². The van der Waals surface area contributed by atoms with Crippen molar-refractivity contribution in [3.63, 3.8) is 0 Å². The van der Waals surface area contributed by atoms with E-state index < -0.39 is 40.9 Å². The largest absolute Gasteiger partial charge is 0.507 e. The monoisotopic (exact) mass is 867 g/mol. The number of aromatic nitrogens is 3. The van der Waals surface area contributed by atoms with E-state index in [0.717, 1.165) is 23.9 Å². The molecule has 1 aromatic heterocycles. The first-order chi connectivity index (χ1) is 26.6. The Morgan fingerprint density at radius 1 is 0.893 bits per heavy atom. The summed E-state index contributed by atoms with van der Waals surface area (Å²) >= 11 is 7.09. The first-order valence-electron chi connectivity index (χ1n) is 15.0. The fourth-order valence-electron chi connectivity index (χ4n) is 4.02. The van der Waals surface area contributed by atoms with Gasteiger partial charge in [0.15, 0.2) is 15.9 Å². The number of anilines is 4. The van der Waals surface area contributed by atoms with E-state index in [4.69, 9.17) is 26.4 Å². The Morgan fingerprint density at radius 2 is 1.62 bits per heavy atom. The van der Waals surface area contributed by atoms with Crippen molar-refractivity contribution in [1.82, 2.24) is 20.3 Å². The molecule has 0 bridgehead atoms. The number of azo groups is 1. The molecule has 0 aliphatic rings. The minimum absolute atomic E-state index is 0.000726. The highest BCUT2D eigenvalue weighted by molar-refractivity contribution is 8.04. The first kappa shape index (κ1) is 43.3. The number of aliphatic imine (C=N–C) groups is 1. The van der Waals surface area contributed by atoms with E-state index in [0.29, 0.717) is 16.8 Å². The molecule has 0 saturated carbocycles. The van der Waals surface area contributed by atoms with Crippen LogP contribution in [0.25, 0.3) is 0 Å². The SMILES string of the molecule is O=S(=O)(O)OOC#CSc1cccc(Nc2nc(Cl)nc(Nc3cc(N=C=C=CO)c(S(=O)(=O)O)cc3N=Nc3ccc(S(=O)(=O)CCNCCO)cc3)n2)c1. The summed E-state index contributed by atoms with van der Waals surface area (Å²) in [5, 5.41) is 36.6. The molecule has 56 heavy (non-hydrogen) atoms.